The van der Waals surface area contributed by atoms with Crippen molar-refractivity contribution in [3.05, 3.63) is 29.8 Å². The van der Waals surface area contributed by atoms with Gasteiger partial charge in [-0.3, -0.25) is 0 Å². The highest BCUT2D eigenvalue weighted by Crippen LogP contribution is 2.36. The molecule has 8 heteroatoms. The van der Waals surface area contributed by atoms with Crippen LogP contribution in [0.15, 0.2) is 24.3 Å². The van der Waals surface area contributed by atoms with Gasteiger partial charge in [0, 0.05) is 5.92 Å². The zero-order valence-electron chi connectivity index (χ0n) is 17.0. The van der Waals surface area contributed by atoms with Gasteiger partial charge in [-0.25, -0.2) is 13.1 Å². The Labute approximate surface area is 163 Å². The minimum Gasteiger partial charge on any atom is -0.399 e. The molecule has 0 aromatic heterocycles. The van der Waals surface area contributed by atoms with E-state index in [0.717, 1.165) is 11.0 Å². The van der Waals surface area contributed by atoms with Crippen LogP contribution >= 0.6 is 0 Å². The van der Waals surface area contributed by atoms with Crippen LogP contribution in [0.5, 0.6) is 0 Å². The van der Waals surface area contributed by atoms with Gasteiger partial charge in [0.2, 0.25) is 10.0 Å². The van der Waals surface area contributed by atoms with Crippen LogP contribution in [0.4, 0.5) is 0 Å². The molecule has 0 saturated carbocycles. The van der Waals surface area contributed by atoms with E-state index in [1.54, 1.807) is 13.8 Å². The molecular weight excluding hydrogens is 365 g/mol. The monoisotopic (exact) mass is 395 g/mol. The summed E-state index contributed by atoms with van der Waals surface area (Å²) < 4.78 is 45.0. The summed E-state index contributed by atoms with van der Waals surface area (Å²) in [6, 6.07) is 7.75. The van der Waals surface area contributed by atoms with Gasteiger partial charge in [0.1, 0.15) is 0 Å². The van der Waals surface area contributed by atoms with Gasteiger partial charge < -0.3 is 14.0 Å². The highest BCUT2D eigenvalue weighted by Gasteiger charge is 2.51. The van der Waals surface area contributed by atoms with E-state index >= 15 is 0 Å². The van der Waals surface area contributed by atoms with Gasteiger partial charge in [-0.15, -0.1) is 0 Å². The van der Waals surface area contributed by atoms with Gasteiger partial charge in [-0.1, -0.05) is 24.3 Å². The number of hydrogen-bond donors (Lipinski definition) is 1. The summed E-state index contributed by atoms with van der Waals surface area (Å²) in [5.74, 6) is -0.00845. The van der Waals surface area contributed by atoms with Crippen molar-refractivity contribution in [3.8, 4) is 0 Å². The second-order valence-corrected chi connectivity index (χ2v) is 11.0. The molecule has 2 aliphatic heterocycles. The molecule has 1 aromatic carbocycles. The molecule has 0 spiro atoms. The fraction of sp³-hybridized carbons (Fsp3) is 0.684. The Hall–Kier alpha value is -0.925. The van der Waals surface area contributed by atoms with E-state index in [-0.39, 0.29) is 23.2 Å². The minimum absolute atomic E-state index is 0.00845. The minimum atomic E-state index is -3.34. The lowest BCUT2D eigenvalue weighted by Gasteiger charge is -2.32. The molecule has 0 bridgehead atoms. The Morgan fingerprint density at radius 3 is 2.11 bits per heavy atom. The Bertz CT molecular complexity index is 760. The van der Waals surface area contributed by atoms with E-state index in [9.17, 15) is 8.42 Å². The lowest BCUT2D eigenvalue weighted by atomic mass is 9.78. The molecule has 3 rings (SSSR count). The maximum Gasteiger partial charge on any atom is 0.494 e. The fourth-order valence-corrected chi connectivity index (χ4v) is 4.15. The molecular formula is C19H30BNO5S. The van der Waals surface area contributed by atoms with Crippen LogP contribution in [0.3, 0.4) is 0 Å². The van der Waals surface area contributed by atoms with E-state index in [4.69, 9.17) is 14.0 Å². The van der Waals surface area contributed by atoms with Crippen molar-refractivity contribution < 1.29 is 22.5 Å². The third-order valence-corrected chi connectivity index (χ3v) is 7.78. The zero-order valence-corrected chi connectivity index (χ0v) is 17.8. The molecule has 2 atom stereocenters. The normalized spacial score (nSPS) is 27.4. The molecule has 0 amide bonds. The quantitative estimate of drug-likeness (QED) is 0.770. The molecule has 2 fully saturated rings. The van der Waals surface area contributed by atoms with Crippen molar-refractivity contribution in [2.24, 2.45) is 0 Å². The first-order chi connectivity index (χ1) is 12.4. The van der Waals surface area contributed by atoms with Crippen molar-refractivity contribution in [1.29, 1.82) is 0 Å². The summed E-state index contributed by atoms with van der Waals surface area (Å²) in [4.78, 5) is 0. The lowest BCUT2D eigenvalue weighted by Crippen LogP contribution is -2.42. The zero-order chi connectivity index (χ0) is 20.0. The molecule has 150 valence electrons. The molecule has 2 heterocycles. The number of benzene rings is 1. The molecule has 0 radical (unpaired) electrons. The summed E-state index contributed by atoms with van der Waals surface area (Å²) in [5.41, 5.74) is 1.24. The average Bonchev–Trinajstić information content (AvgIpc) is 3.09. The number of hydrogen-bond acceptors (Lipinski definition) is 5. The fourth-order valence-electron chi connectivity index (χ4n) is 3.23. The maximum absolute atomic E-state index is 12.2. The standard InChI is InChI=1S/C19H30BNO5S/c1-13(2)27(22,23)21-17-12-24-11-16(17)14-7-9-15(10-8-14)20-25-18(3,4)19(5,6)26-20/h7-10,13,16-17,21H,11-12H2,1-6H3. The largest absolute Gasteiger partial charge is 0.494 e. The molecule has 27 heavy (non-hydrogen) atoms. The van der Waals surface area contributed by atoms with Crippen molar-refractivity contribution >= 4 is 22.6 Å². The van der Waals surface area contributed by atoms with Crippen molar-refractivity contribution in [2.45, 2.75) is 70.0 Å². The molecule has 6 nitrogen and oxygen atoms in total. The Balaban J connectivity index is 1.74. The maximum atomic E-state index is 12.2. The van der Waals surface area contributed by atoms with Crippen molar-refractivity contribution in [1.82, 2.24) is 4.72 Å². The Kier molecular flexibility index (Phi) is 5.51. The summed E-state index contributed by atoms with van der Waals surface area (Å²) in [7, 11) is -3.74. The number of sulfonamides is 1. The number of rotatable bonds is 5. The van der Waals surface area contributed by atoms with Gasteiger partial charge in [-0.05, 0) is 52.6 Å². The predicted molar refractivity (Wildman–Crippen MR) is 107 cm³/mol. The third kappa shape index (κ3) is 4.10. The smallest absolute Gasteiger partial charge is 0.399 e. The highest BCUT2D eigenvalue weighted by molar-refractivity contribution is 7.90. The molecule has 2 aliphatic rings. The van der Waals surface area contributed by atoms with Crippen LogP contribution in [-0.4, -0.2) is 51.2 Å². The van der Waals surface area contributed by atoms with E-state index in [1.165, 1.54) is 0 Å². The van der Waals surface area contributed by atoms with E-state index < -0.39 is 22.4 Å². The second-order valence-electron chi connectivity index (χ2n) is 8.72. The summed E-state index contributed by atoms with van der Waals surface area (Å²) in [6.07, 6.45) is 0. The predicted octanol–water partition coefficient (Wildman–Crippen LogP) is 1.80. The number of ether oxygens (including phenoxy) is 1. The molecule has 2 unspecified atom stereocenters. The van der Waals surface area contributed by atoms with E-state index in [2.05, 4.69) is 4.72 Å². The van der Waals surface area contributed by atoms with Crippen molar-refractivity contribution in [2.75, 3.05) is 13.2 Å². The van der Waals surface area contributed by atoms with Gasteiger partial charge in [0.05, 0.1) is 35.7 Å². The first-order valence-electron chi connectivity index (χ1n) is 9.47. The lowest BCUT2D eigenvalue weighted by molar-refractivity contribution is 0.00578. The third-order valence-electron chi connectivity index (χ3n) is 5.91. The Morgan fingerprint density at radius 1 is 1.04 bits per heavy atom. The topological polar surface area (TPSA) is 73.9 Å². The van der Waals surface area contributed by atoms with Crippen LogP contribution in [0.25, 0.3) is 0 Å². The average molecular weight is 395 g/mol. The SMILES string of the molecule is CC(C)S(=O)(=O)NC1COCC1c1ccc(B2OC(C)(C)C(C)(C)O2)cc1. The summed E-state index contributed by atoms with van der Waals surface area (Å²) >= 11 is 0. The van der Waals surface area contributed by atoms with Crippen molar-refractivity contribution in [3.63, 3.8) is 0 Å². The summed E-state index contributed by atoms with van der Waals surface area (Å²) in [6.45, 7) is 12.4. The molecule has 1 N–H and O–H groups in total. The summed E-state index contributed by atoms with van der Waals surface area (Å²) in [5, 5.41) is -0.468. The van der Waals surface area contributed by atoms with Gasteiger partial charge in [0.25, 0.3) is 0 Å². The molecule has 1 aromatic rings. The molecule has 2 saturated heterocycles. The van der Waals surface area contributed by atoms with Crippen LogP contribution in [0.1, 0.15) is 53.0 Å². The first-order valence-corrected chi connectivity index (χ1v) is 11.0. The van der Waals surface area contributed by atoms with Gasteiger partial charge >= 0.3 is 7.12 Å². The highest BCUT2D eigenvalue weighted by atomic mass is 32.2. The number of nitrogens with one attached hydrogen (secondary N) is 1. The van der Waals surface area contributed by atoms with Crippen LogP contribution < -0.4 is 10.2 Å². The van der Waals surface area contributed by atoms with Crippen LogP contribution in [0, 0.1) is 0 Å². The van der Waals surface area contributed by atoms with E-state index in [0.29, 0.717) is 13.2 Å². The van der Waals surface area contributed by atoms with Crippen LogP contribution in [-0.2, 0) is 24.1 Å². The molecule has 0 aliphatic carbocycles. The van der Waals surface area contributed by atoms with E-state index in [1.807, 2.05) is 52.0 Å². The van der Waals surface area contributed by atoms with Crippen LogP contribution in [0.2, 0.25) is 0 Å². The Morgan fingerprint density at radius 2 is 1.59 bits per heavy atom. The second kappa shape index (κ2) is 7.15. The van der Waals surface area contributed by atoms with Gasteiger partial charge in [-0.2, -0.15) is 0 Å². The van der Waals surface area contributed by atoms with Gasteiger partial charge in [0.15, 0.2) is 0 Å². The first kappa shape index (κ1) is 20.8.